The number of nitrogens with one attached hydrogen (secondary N) is 2. The minimum Gasteiger partial charge on any atom is -0.493 e. The van der Waals surface area contributed by atoms with Gasteiger partial charge in [-0.15, -0.1) is 0 Å². The third-order valence-corrected chi connectivity index (χ3v) is 2.92. The maximum atomic E-state index is 12.1. The minimum atomic E-state index is -1.03. The third kappa shape index (κ3) is 1.48. The summed E-state index contributed by atoms with van der Waals surface area (Å²) in [5, 5.41) is 9.63. The number of rotatable bonds is 1. The SMILES string of the molecule is O=C1c2ccccc2C(=O)N1c1c(O)[nH]c(=O)[nH]c1=O. The molecule has 100 valence electrons. The molecule has 0 fully saturated rings. The first-order valence-electron chi connectivity index (χ1n) is 5.54. The number of carbonyl (C=O) groups excluding carboxylic acids is 2. The van der Waals surface area contributed by atoms with Gasteiger partial charge in [0.2, 0.25) is 5.88 Å². The molecule has 3 N–H and O–H groups in total. The van der Waals surface area contributed by atoms with Crippen LogP contribution in [0.3, 0.4) is 0 Å². The van der Waals surface area contributed by atoms with Crippen molar-refractivity contribution >= 4 is 17.5 Å². The van der Waals surface area contributed by atoms with Gasteiger partial charge in [0.15, 0.2) is 5.69 Å². The number of hydrogen-bond donors (Lipinski definition) is 3. The normalized spacial score (nSPS) is 13.7. The number of aromatic hydroxyl groups is 1. The van der Waals surface area contributed by atoms with Crippen LogP contribution in [0.1, 0.15) is 20.7 Å². The summed E-state index contributed by atoms with van der Waals surface area (Å²) in [7, 11) is 0. The van der Waals surface area contributed by atoms with Crippen LogP contribution in [0.25, 0.3) is 0 Å². The lowest BCUT2D eigenvalue weighted by atomic mass is 10.1. The predicted molar refractivity (Wildman–Crippen MR) is 66.9 cm³/mol. The van der Waals surface area contributed by atoms with E-state index in [9.17, 15) is 24.3 Å². The van der Waals surface area contributed by atoms with E-state index < -0.39 is 34.6 Å². The van der Waals surface area contributed by atoms with Crippen LogP contribution < -0.4 is 16.1 Å². The monoisotopic (exact) mass is 273 g/mol. The molecular formula is C12H7N3O5. The predicted octanol–water partition coefficient (Wildman–Crippen LogP) is -0.431. The zero-order chi connectivity index (χ0) is 14.4. The van der Waals surface area contributed by atoms with Crippen LogP contribution in [0.5, 0.6) is 5.88 Å². The first-order chi connectivity index (χ1) is 9.50. The summed E-state index contributed by atoms with van der Waals surface area (Å²) in [6, 6.07) is 6.02. The Kier molecular flexibility index (Phi) is 2.33. The van der Waals surface area contributed by atoms with E-state index in [1.807, 2.05) is 9.97 Å². The van der Waals surface area contributed by atoms with Crippen LogP contribution >= 0.6 is 0 Å². The largest absolute Gasteiger partial charge is 0.493 e. The van der Waals surface area contributed by atoms with Gasteiger partial charge in [-0.3, -0.25) is 24.4 Å². The standard InChI is InChI=1S/C12H7N3O5/c16-8-7(9(17)14-12(20)13-8)15-10(18)5-3-1-2-4-6(5)11(15)19/h1-4H,(H3,13,14,16,17,20). The highest BCUT2D eigenvalue weighted by molar-refractivity contribution is 6.34. The van der Waals surface area contributed by atoms with Crippen molar-refractivity contribution in [3.63, 3.8) is 0 Å². The van der Waals surface area contributed by atoms with E-state index >= 15 is 0 Å². The molecule has 0 bridgehead atoms. The second kappa shape index (κ2) is 3.92. The molecular weight excluding hydrogens is 266 g/mol. The number of fused-ring (bicyclic) bond motifs is 1. The number of benzene rings is 1. The van der Waals surface area contributed by atoms with E-state index in [-0.39, 0.29) is 11.1 Å². The molecule has 0 saturated heterocycles. The summed E-state index contributed by atoms with van der Waals surface area (Å²) >= 11 is 0. The third-order valence-electron chi connectivity index (χ3n) is 2.92. The Morgan fingerprint density at radius 1 is 0.900 bits per heavy atom. The number of aromatic nitrogens is 2. The van der Waals surface area contributed by atoms with Crippen molar-refractivity contribution in [2.45, 2.75) is 0 Å². The van der Waals surface area contributed by atoms with Gasteiger partial charge in [-0.2, -0.15) is 0 Å². The van der Waals surface area contributed by atoms with E-state index in [0.717, 1.165) is 0 Å². The van der Waals surface area contributed by atoms with E-state index in [1.54, 1.807) is 12.1 Å². The number of imide groups is 1. The van der Waals surface area contributed by atoms with Crippen molar-refractivity contribution in [3.8, 4) is 5.88 Å². The molecule has 0 atom stereocenters. The molecule has 0 unspecified atom stereocenters. The second-order valence-corrected chi connectivity index (χ2v) is 4.10. The summed E-state index contributed by atoms with van der Waals surface area (Å²) in [5.41, 5.74) is -2.31. The number of carbonyl (C=O) groups is 2. The Morgan fingerprint density at radius 3 is 1.95 bits per heavy atom. The molecule has 8 heteroatoms. The fourth-order valence-electron chi connectivity index (χ4n) is 2.07. The topological polar surface area (TPSA) is 123 Å². The van der Waals surface area contributed by atoms with E-state index in [4.69, 9.17) is 0 Å². The lowest BCUT2D eigenvalue weighted by molar-refractivity contribution is 0.0924. The molecule has 0 aliphatic carbocycles. The molecule has 3 rings (SSSR count). The van der Waals surface area contributed by atoms with Crippen molar-refractivity contribution < 1.29 is 14.7 Å². The Balaban J connectivity index is 2.25. The summed E-state index contributed by atoms with van der Waals surface area (Å²) < 4.78 is 0. The fourth-order valence-corrected chi connectivity index (χ4v) is 2.07. The van der Waals surface area contributed by atoms with Gasteiger partial charge >= 0.3 is 5.69 Å². The lowest BCUT2D eigenvalue weighted by Gasteiger charge is -2.13. The minimum absolute atomic E-state index is 0.127. The van der Waals surface area contributed by atoms with Crippen LogP contribution in [-0.2, 0) is 0 Å². The molecule has 8 nitrogen and oxygen atoms in total. The van der Waals surface area contributed by atoms with Crippen molar-refractivity contribution in [1.82, 2.24) is 9.97 Å². The average molecular weight is 273 g/mol. The highest BCUT2D eigenvalue weighted by atomic mass is 16.3. The summed E-state index contributed by atoms with van der Waals surface area (Å²) in [6.45, 7) is 0. The Hall–Kier alpha value is -3.16. The van der Waals surface area contributed by atoms with Gasteiger partial charge < -0.3 is 5.11 Å². The first-order valence-corrected chi connectivity index (χ1v) is 5.54. The quantitative estimate of drug-likeness (QED) is 0.608. The molecule has 20 heavy (non-hydrogen) atoms. The number of H-pyrrole nitrogens is 2. The van der Waals surface area contributed by atoms with Gasteiger partial charge in [-0.05, 0) is 12.1 Å². The van der Waals surface area contributed by atoms with Gasteiger partial charge in [0.1, 0.15) is 0 Å². The summed E-state index contributed by atoms with van der Waals surface area (Å²) in [6.07, 6.45) is 0. The van der Waals surface area contributed by atoms with Crippen LogP contribution in [0, 0.1) is 0 Å². The van der Waals surface area contributed by atoms with Gasteiger partial charge in [-0.25, -0.2) is 9.69 Å². The Bertz CT molecular complexity index is 829. The highest BCUT2D eigenvalue weighted by Crippen LogP contribution is 2.29. The van der Waals surface area contributed by atoms with Crippen molar-refractivity contribution in [2.24, 2.45) is 0 Å². The molecule has 0 radical (unpaired) electrons. The van der Waals surface area contributed by atoms with Crippen molar-refractivity contribution in [1.29, 1.82) is 0 Å². The van der Waals surface area contributed by atoms with Crippen LogP contribution in [0.4, 0.5) is 5.69 Å². The number of hydrogen-bond acceptors (Lipinski definition) is 5. The van der Waals surface area contributed by atoms with Crippen LogP contribution in [0.15, 0.2) is 33.9 Å². The number of anilines is 1. The molecule has 1 aromatic heterocycles. The number of nitrogens with zero attached hydrogens (tertiary/aromatic N) is 1. The first kappa shape index (κ1) is 11.9. The average Bonchev–Trinajstić information content (AvgIpc) is 2.64. The van der Waals surface area contributed by atoms with Crippen molar-refractivity contribution in [2.75, 3.05) is 4.90 Å². The molecule has 2 amide bonds. The van der Waals surface area contributed by atoms with Crippen molar-refractivity contribution in [3.05, 3.63) is 56.2 Å². The van der Waals surface area contributed by atoms with E-state index in [0.29, 0.717) is 4.90 Å². The Morgan fingerprint density at radius 2 is 1.45 bits per heavy atom. The molecule has 0 spiro atoms. The lowest BCUT2D eigenvalue weighted by Crippen LogP contribution is -2.36. The summed E-state index contributed by atoms with van der Waals surface area (Å²) in [4.78, 5) is 51.3. The molecule has 1 aliphatic rings. The number of amides is 2. The van der Waals surface area contributed by atoms with Crippen LogP contribution in [-0.4, -0.2) is 26.9 Å². The molecule has 1 aromatic carbocycles. The molecule has 2 aromatic rings. The molecule has 0 saturated carbocycles. The zero-order valence-electron chi connectivity index (χ0n) is 9.84. The number of aromatic amines is 2. The van der Waals surface area contributed by atoms with Gasteiger partial charge in [-0.1, -0.05) is 12.1 Å². The van der Waals surface area contributed by atoms with Gasteiger partial charge in [0.25, 0.3) is 17.4 Å². The molecule has 1 aliphatic heterocycles. The Labute approximate surface area is 110 Å². The van der Waals surface area contributed by atoms with E-state index in [1.165, 1.54) is 12.1 Å². The van der Waals surface area contributed by atoms with Crippen LogP contribution in [0.2, 0.25) is 0 Å². The second-order valence-electron chi connectivity index (χ2n) is 4.10. The fraction of sp³-hybridized carbons (Fsp3) is 0. The van der Waals surface area contributed by atoms with E-state index in [2.05, 4.69) is 0 Å². The smallest absolute Gasteiger partial charge is 0.328 e. The maximum Gasteiger partial charge on any atom is 0.328 e. The van der Waals surface area contributed by atoms with Gasteiger partial charge in [0.05, 0.1) is 11.1 Å². The molecule has 2 heterocycles. The zero-order valence-corrected chi connectivity index (χ0v) is 9.84. The summed E-state index contributed by atoms with van der Waals surface area (Å²) in [5.74, 6) is -2.31. The maximum absolute atomic E-state index is 12.1. The highest BCUT2D eigenvalue weighted by Gasteiger charge is 2.39. The van der Waals surface area contributed by atoms with Gasteiger partial charge in [0, 0.05) is 0 Å².